The third-order valence-electron chi connectivity index (χ3n) is 7.75. The van der Waals surface area contributed by atoms with Gasteiger partial charge >= 0.3 is 0 Å². The largest absolute Gasteiger partial charge is 0.321 e. The first-order valence-electron chi connectivity index (χ1n) is 14.1. The number of aromatic nitrogens is 8. The third kappa shape index (κ3) is 5.00. The number of fused-ring (bicyclic) bond motifs is 2. The van der Waals surface area contributed by atoms with Crippen LogP contribution in [0.25, 0.3) is 44.8 Å². The van der Waals surface area contributed by atoms with E-state index < -0.39 is 23.3 Å². The summed E-state index contributed by atoms with van der Waals surface area (Å²) in [6.45, 7) is 4.15. The summed E-state index contributed by atoms with van der Waals surface area (Å²) >= 11 is 0. The van der Waals surface area contributed by atoms with Crippen molar-refractivity contribution in [2.75, 3.05) is 0 Å². The number of rotatable bonds is 5. The van der Waals surface area contributed by atoms with Crippen LogP contribution in [-0.4, -0.2) is 39.5 Å². The number of imidazole rings is 2. The molecule has 0 spiro atoms. The van der Waals surface area contributed by atoms with E-state index in [9.17, 15) is 17.6 Å². The molecule has 6 aromatic rings. The van der Waals surface area contributed by atoms with Crippen LogP contribution in [0.5, 0.6) is 0 Å². The number of benzene rings is 2. The molecule has 2 aliphatic carbocycles. The molecule has 2 aromatic carbocycles. The maximum Gasteiger partial charge on any atom is 0.161 e. The van der Waals surface area contributed by atoms with Crippen LogP contribution in [0.15, 0.2) is 55.1 Å². The van der Waals surface area contributed by atoms with Crippen molar-refractivity contribution in [2.24, 2.45) is 0 Å². The minimum Gasteiger partial charge on any atom is -0.321 e. The normalized spacial score (nSPS) is 14.9. The predicted molar refractivity (Wildman–Crippen MR) is 152 cm³/mol. The van der Waals surface area contributed by atoms with Crippen LogP contribution in [0.2, 0.25) is 0 Å². The SMILES string of the molecule is CC(C)c1cnncc1-c1nc2cc(F)c(F)cc2n1C1CC1.Fc1cc2nc(-c3ccnnc3)n(C3CC3)c2cc1F. The van der Waals surface area contributed by atoms with Crippen molar-refractivity contribution in [1.29, 1.82) is 0 Å². The molecular formula is C31H26F4N8. The van der Waals surface area contributed by atoms with Crippen LogP contribution < -0.4 is 0 Å². The van der Waals surface area contributed by atoms with Gasteiger partial charge in [0.15, 0.2) is 23.3 Å². The Morgan fingerprint density at radius 3 is 1.70 bits per heavy atom. The lowest BCUT2D eigenvalue weighted by atomic mass is 10.0. The molecule has 2 aliphatic rings. The van der Waals surface area contributed by atoms with E-state index in [4.69, 9.17) is 0 Å². The molecule has 2 saturated carbocycles. The van der Waals surface area contributed by atoms with Gasteiger partial charge in [-0.15, -0.1) is 0 Å². The summed E-state index contributed by atoms with van der Waals surface area (Å²) in [5.74, 6) is -1.80. The molecule has 0 unspecified atom stereocenters. The lowest BCUT2D eigenvalue weighted by molar-refractivity contribution is 0.510. The van der Waals surface area contributed by atoms with E-state index >= 15 is 0 Å². The van der Waals surface area contributed by atoms with Crippen LogP contribution in [0.4, 0.5) is 17.6 Å². The Morgan fingerprint density at radius 1 is 0.651 bits per heavy atom. The molecule has 12 heteroatoms. The van der Waals surface area contributed by atoms with Gasteiger partial charge in [-0.05, 0) is 43.2 Å². The monoisotopic (exact) mass is 586 g/mol. The van der Waals surface area contributed by atoms with E-state index in [0.717, 1.165) is 54.5 Å². The van der Waals surface area contributed by atoms with Crippen LogP contribution >= 0.6 is 0 Å². The summed E-state index contributed by atoms with van der Waals surface area (Å²) in [6.07, 6.45) is 10.7. The summed E-state index contributed by atoms with van der Waals surface area (Å²) in [4.78, 5) is 9.01. The van der Waals surface area contributed by atoms with E-state index in [1.54, 1.807) is 30.9 Å². The fourth-order valence-electron chi connectivity index (χ4n) is 5.38. The average Bonchev–Trinajstić information content (AvgIpc) is 3.95. The Labute approximate surface area is 243 Å². The molecule has 0 radical (unpaired) electrons. The molecular weight excluding hydrogens is 560 g/mol. The zero-order valence-corrected chi connectivity index (χ0v) is 23.3. The number of hydrogen-bond acceptors (Lipinski definition) is 6. The second-order valence-electron chi connectivity index (χ2n) is 11.2. The van der Waals surface area contributed by atoms with Crippen molar-refractivity contribution in [3.8, 4) is 22.8 Å². The predicted octanol–water partition coefficient (Wildman–Crippen LogP) is 7.34. The Kier molecular flexibility index (Phi) is 6.63. The van der Waals surface area contributed by atoms with Gasteiger partial charge in [0, 0.05) is 47.5 Å². The van der Waals surface area contributed by atoms with Gasteiger partial charge in [-0.1, -0.05) is 13.8 Å². The highest BCUT2D eigenvalue weighted by Gasteiger charge is 2.31. The molecule has 8 rings (SSSR count). The topological polar surface area (TPSA) is 87.2 Å². The fraction of sp³-hybridized carbons (Fsp3) is 0.290. The maximum absolute atomic E-state index is 13.7. The summed E-state index contributed by atoms with van der Waals surface area (Å²) in [7, 11) is 0. The fourth-order valence-corrected chi connectivity index (χ4v) is 5.38. The Bertz CT molecular complexity index is 1980. The van der Waals surface area contributed by atoms with Crippen LogP contribution in [0.3, 0.4) is 0 Å². The molecule has 0 saturated heterocycles. The van der Waals surface area contributed by atoms with Crippen LogP contribution in [0, 0.1) is 23.3 Å². The van der Waals surface area contributed by atoms with Crippen molar-refractivity contribution in [1.82, 2.24) is 39.5 Å². The van der Waals surface area contributed by atoms with Gasteiger partial charge in [0.2, 0.25) is 0 Å². The first-order chi connectivity index (χ1) is 20.8. The van der Waals surface area contributed by atoms with Gasteiger partial charge < -0.3 is 9.13 Å². The zero-order valence-electron chi connectivity index (χ0n) is 23.3. The molecule has 0 bridgehead atoms. The van der Waals surface area contributed by atoms with E-state index in [2.05, 4.69) is 44.2 Å². The zero-order chi connectivity index (χ0) is 29.8. The van der Waals surface area contributed by atoms with E-state index in [1.165, 1.54) is 12.1 Å². The third-order valence-corrected chi connectivity index (χ3v) is 7.75. The highest BCUT2D eigenvalue weighted by Crippen LogP contribution is 2.43. The smallest absolute Gasteiger partial charge is 0.161 e. The van der Waals surface area contributed by atoms with Gasteiger partial charge in [0.1, 0.15) is 11.6 Å². The second-order valence-corrected chi connectivity index (χ2v) is 11.2. The first kappa shape index (κ1) is 27.1. The molecule has 0 aliphatic heterocycles. The van der Waals surface area contributed by atoms with Crippen molar-refractivity contribution in [2.45, 2.75) is 57.5 Å². The van der Waals surface area contributed by atoms with Crippen LogP contribution in [0.1, 0.15) is 63.1 Å². The molecule has 43 heavy (non-hydrogen) atoms. The van der Waals surface area contributed by atoms with Crippen molar-refractivity contribution < 1.29 is 17.6 Å². The summed E-state index contributed by atoms with van der Waals surface area (Å²) in [5, 5.41) is 15.5. The minimum absolute atomic E-state index is 0.251. The molecule has 8 nitrogen and oxygen atoms in total. The van der Waals surface area contributed by atoms with E-state index in [-0.39, 0.29) is 12.0 Å². The molecule has 0 atom stereocenters. The Morgan fingerprint density at radius 2 is 1.16 bits per heavy atom. The molecule has 4 aromatic heterocycles. The van der Waals surface area contributed by atoms with Crippen molar-refractivity contribution >= 4 is 22.1 Å². The van der Waals surface area contributed by atoms with Gasteiger partial charge in [0.05, 0.1) is 46.9 Å². The van der Waals surface area contributed by atoms with Gasteiger partial charge in [0.25, 0.3) is 0 Å². The standard InChI is InChI=1S/C17H16F2N4.C14H10F2N4/c1-9(2)11-7-20-21-8-12(11)17-22-15-5-13(18)14(19)6-16(15)23(17)10-3-4-10;15-10-5-12-13(6-11(10)16)20(9-1-2-9)14(19-12)8-3-4-17-18-7-8/h5-10H,3-4H2,1-2H3;3-7,9H,1-2H2. The molecule has 4 heterocycles. The summed E-state index contributed by atoms with van der Waals surface area (Å²) < 4.78 is 58.1. The molecule has 218 valence electrons. The maximum atomic E-state index is 13.7. The number of hydrogen-bond donors (Lipinski definition) is 0. The number of nitrogens with zero attached hydrogens (tertiary/aromatic N) is 8. The summed E-state index contributed by atoms with van der Waals surface area (Å²) in [6, 6.07) is 7.14. The quantitative estimate of drug-likeness (QED) is 0.197. The van der Waals surface area contributed by atoms with E-state index in [0.29, 0.717) is 39.8 Å². The van der Waals surface area contributed by atoms with Gasteiger partial charge in [-0.2, -0.15) is 20.4 Å². The van der Waals surface area contributed by atoms with Crippen molar-refractivity contribution in [3.05, 3.63) is 84.0 Å². The lowest BCUT2D eigenvalue weighted by Crippen LogP contribution is -2.02. The number of halogens is 4. The van der Waals surface area contributed by atoms with Crippen LogP contribution in [-0.2, 0) is 0 Å². The van der Waals surface area contributed by atoms with E-state index in [1.807, 2.05) is 9.13 Å². The highest BCUT2D eigenvalue weighted by molar-refractivity contribution is 5.82. The average molecular weight is 587 g/mol. The highest BCUT2D eigenvalue weighted by atomic mass is 19.2. The molecule has 0 amide bonds. The second kappa shape index (κ2) is 10.5. The lowest BCUT2D eigenvalue weighted by Gasteiger charge is -2.13. The van der Waals surface area contributed by atoms with Crippen molar-refractivity contribution in [3.63, 3.8) is 0 Å². The Balaban J connectivity index is 0.000000141. The van der Waals surface area contributed by atoms with Gasteiger partial charge in [-0.3, -0.25) is 0 Å². The minimum atomic E-state index is -0.877. The summed E-state index contributed by atoms with van der Waals surface area (Å²) in [5.41, 5.74) is 4.88. The van der Waals surface area contributed by atoms with Gasteiger partial charge in [-0.25, -0.2) is 27.5 Å². The molecule has 0 N–H and O–H groups in total. The molecule has 2 fully saturated rings. The Hall–Kier alpha value is -4.74. The first-order valence-corrected chi connectivity index (χ1v) is 14.1.